The molecule has 0 aromatic heterocycles. The Kier molecular flexibility index (Phi) is 3.44. The molecule has 1 N–H and O–H groups in total. The van der Waals surface area contributed by atoms with Gasteiger partial charge >= 0.3 is 5.97 Å². The number of carbonyl (C=O) groups excluding carboxylic acids is 1. The molecule has 3 heteroatoms. The summed E-state index contributed by atoms with van der Waals surface area (Å²) in [5, 5.41) is 3.55. The van der Waals surface area contributed by atoms with Crippen LogP contribution in [0.15, 0.2) is 12.1 Å². The van der Waals surface area contributed by atoms with Gasteiger partial charge in [-0.05, 0) is 69.0 Å². The van der Waals surface area contributed by atoms with Gasteiger partial charge in [-0.1, -0.05) is 0 Å². The molecule has 2 rings (SSSR count). The lowest BCUT2D eigenvalue weighted by Gasteiger charge is -2.28. The third kappa shape index (κ3) is 2.15. The standard InChI is InChI=1S/C15H21NO2/c1-10-8-12(14(17)18-4)9-13(11(10)2)15(3)6-5-7-16-15/h8-9,16H,5-7H2,1-4H3. The lowest BCUT2D eigenvalue weighted by atomic mass is 9.84. The molecule has 1 atom stereocenters. The quantitative estimate of drug-likeness (QED) is 0.817. The maximum absolute atomic E-state index is 11.7. The van der Waals surface area contributed by atoms with Crippen molar-refractivity contribution in [3.8, 4) is 0 Å². The van der Waals surface area contributed by atoms with Crippen LogP contribution in [0.4, 0.5) is 0 Å². The predicted molar refractivity (Wildman–Crippen MR) is 71.8 cm³/mol. The number of esters is 1. The van der Waals surface area contributed by atoms with Gasteiger partial charge in [-0.2, -0.15) is 0 Å². The smallest absolute Gasteiger partial charge is 0.337 e. The fraction of sp³-hybridized carbons (Fsp3) is 0.533. The van der Waals surface area contributed by atoms with Crippen LogP contribution in [0.25, 0.3) is 0 Å². The molecule has 1 aliphatic heterocycles. The van der Waals surface area contributed by atoms with Gasteiger partial charge in [0.1, 0.15) is 0 Å². The number of hydrogen-bond donors (Lipinski definition) is 1. The molecule has 0 amide bonds. The molecule has 1 aromatic carbocycles. The number of methoxy groups -OCH3 is 1. The number of hydrogen-bond acceptors (Lipinski definition) is 3. The number of rotatable bonds is 2. The van der Waals surface area contributed by atoms with E-state index >= 15 is 0 Å². The molecule has 98 valence electrons. The van der Waals surface area contributed by atoms with Crippen molar-refractivity contribution in [3.05, 3.63) is 34.4 Å². The molecule has 1 saturated heterocycles. The first-order valence-electron chi connectivity index (χ1n) is 6.43. The molecule has 1 heterocycles. The van der Waals surface area contributed by atoms with Gasteiger partial charge in [0.2, 0.25) is 0 Å². The van der Waals surface area contributed by atoms with Crippen molar-refractivity contribution in [3.63, 3.8) is 0 Å². The Hall–Kier alpha value is -1.35. The highest BCUT2D eigenvalue weighted by molar-refractivity contribution is 5.90. The number of ether oxygens (including phenoxy) is 1. The average molecular weight is 247 g/mol. The first-order valence-corrected chi connectivity index (χ1v) is 6.43. The topological polar surface area (TPSA) is 38.3 Å². The number of benzene rings is 1. The van der Waals surface area contributed by atoms with Crippen LogP contribution in [0.3, 0.4) is 0 Å². The van der Waals surface area contributed by atoms with Crippen molar-refractivity contribution in [2.24, 2.45) is 0 Å². The highest BCUT2D eigenvalue weighted by atomic mass is 16.5. The van der Waals surface area contributed by atoms with E-state index in [1.165, 1.54) is 24.7 Å². The van der Waals surface area contributed by atoms with Gasteiger partial charge in [0, 0.05) is 5.54 Å². The van der Waals surface area contributed by atoms with E-state index < -0.39 is 0 Å². The molecule has 0 bridgehead atoms. The summed E-state index contributed by atoms with van der Waals surface area (Å²) in [5.41, 5.74) is 4.26. The van der Waals surface area contributed by atoms with Crippen LogP contribution in [-0.2, 0) is 10.3 Å². The minimum absolute atomic E-state index is 0.0150. The average Bonchev–Trinajstić information content (AvgIpc) is 2.79. The predicted octanol–water partition coefficient (Wildman–Crippen LogP) is 2.69. The molecule has 18 heavy (non-hydrogen) atoms. The first-order chi connectivity index (χ1) is 8.48. The Balaban J connectivity index is 2.52. The lowest BCUT2D eigenvalue weighted by Crippen LogP contribution is -2.34. The summed E-state index contributed by atoms with van der Waals surface area (Å²) in [4.78, 5) is 11.7. The Bertz CT molecular complexity index is 474. The zero-order chi connectivity index (χ0) is 13.3. The van der Waals surface area contributed by atoms with Crippen LogP contribution >= 0.6 is 0 Å². The summed E-state index contributed by atoms with van der Waals surface area (Å²) in [5.74, 6) is -0.263. The van der Waals surface area contributed by atoms with Crippen molar-refractivity contribution < 1.29 is 9.53 Å². The summed E-state index contributed by atoms with van der Waals surface area (Å²) in [6.45, 7) is 7.42. The molecule has 1 unspecified atom stereocenters. The van der Waals surface area contributed by atoms with Crippen LogP contribution in [0, 0.1) is 13.8 Å². The maximum atomic E-state index is 11.7. The van der Waals surface area contributed by atoms with E-state index in [9.17, 15) is 4.79 Å². The van der Waals surface area contributed by atoms with Crippen molar-refractivity contribution in [1.82, 2.24) is 5.32 Å². The van der Waals surface area contributed by atoms with Crippen molar-refractivity contribution in [2.75, 3.05) is 13.7 Å². The van der Waals surface area contributed by atoms with E-state index in [1.54, 1.807) is 0 Å². The molecule has 0 saturated carbocycles. The molecule has 3 nitrogen and oxygen atoms in total. The zero-order valence-electron chi connectivity index (χ0n) is 11.6. The molecular formula is C15H21NO2. The van der Waals surface area contributed by atoms with Gasteiger partial charge in [-0.15, -0.1) is 0 Å². The summed E-state index contributed by atoms with van der Waals surface area (Å²) >= 11 is 0. The molecule has 1 fully saturated rings. The fourth-order valence-corrected chi connectivity index (χ4v) is 2.79. The normalized spacial score (nSPS) is 23.1. The van der Waals surface area contributed by atoms with Gasteiger partial charge in [-0.3, -0.25) is 0 Å². The molecule has 0 aliphatic carbocycles. The molecule has 1 aliphatic rings. The van der Waals surface area contributed by atoms with E-state index in [0.29, 0.717) is 5.56 Å². The second-order valence-corrected chi connectivity index (χ2v) is 5.32. The first kappa shape index (κ1) is 13.1. The van der Waals surface area contributed by atoms with Crippen LogP contribution in [0.2, 0.25) is 0 Å². The molecule has 0 spiro atoms. The number of carbonyl (C=O) groups is 1. The van der Waals surface area contributed by atoms with Crippen LogP contribution < -0.4 is 5.32 Å². The number of aryl methyl sites for hydroxylation is 1. The van der Waals surface area contributed by atoms with Crippen LogP contribution in [-0.4, -0.2) is 19.6 Å². The highest BCUT2D eigenvalue weighted by Gasteiger charge is 2.32. The Morgan fingerprint density at radius 1 is 1.39 bits per heavy atom. The second kappa shape index (κ2) is 4.73. The van der Waals surface area contributed by atoms with Gasteiger partial charge in [0.25, 0.3) is 0 Å². The Morgan fingerprint density at radius 3 is 2.67 bits per heavy atom. The highest BCUT2D eigenvalue weighted by Crippen LogP contribution is 2.34. The van der Waals surface area contributed by atoms with Gasteiger partial charge in [0.15, 0.2) is 0 Å². The summed E-state index contributed by atoms with van der Waals surface area (Å²) in [6.07, 6.45) is 2.29. The lowest BCUT2D eigenvalue weighted by molar-refractivity contribution is 0.0600. The van der Waals surface area contributed by atoms with Gasteiger partial charge in [-0.25, -0.2) is 4.79 Å². The Morgan fingerprint density at radius 2 is 2.11 bits per heavy atom. The van der Waals surface area contributed by atoms with E-state index in [1.807, 2.05) is 19.1 Å². The summed E-state index contributed by atoms with van der Waals surface area (Å²) < 4.78 is 4.82. The SMILES string of the molecule is COC(=O)c1cc(C)c(C)c(C2(C)CCCN2)c1. The minimum Gasteiger partial charge on any atom is -0.465 e. The van der Waals surface area contributed by atoms with E-state index in [0.717, 1.165) is 18.5 Å². The van der Waals surface area contributed by atoms with Crippen molar-refractivity contribution in [2.45, 2.75) is 39.2 Å². The van der Waals surface area contributed by atoms with Crippen LogP contribution in [0.1, 0.15) is 46.8 Å². The Labute approximate surface area is 109 Å². The van der Waals surface area contributed by atoms with Crippen molar-refractivity contribution >= 4 is 5.97 Å². The fourth-order valence-electron chi connectivity index (χ4n) is 2.79. The van der Waals surface area contributed by atoms with Gasteiger partial charge in [0.05, 0.1) is 12.7 Å². The third-order valence-electron chi connectivity index (χ3n) is 4.05. The van der Waals surface area contributed by atoms with E-state index in [-0.39, 0.29) is 11.5 Å². The van der Waals surface area contributed by atoms with E-state index in [2.05, 4.69) is 19.2 Å². The third-order valence-corrected chi connectivity index (χ3v) is 4.05. The molecule has 1 aromatic rings. The summed E-state index contributed by atoms with van der Waals surface area (Å²) in [7, 11) is 1.42. The monoisotopic (exact) mass is 247 g/mol. The van der Waals surface area contributed by atoms with E-state index in [4.69, 9.17) is 4.74 Å². The van der Waals surface area contributed by atoms with Crippen molar-refractivity contribution in [1.29, 1.82) is 0 Å². The number of nitrogens with one attached hydrogen (secondary N) is 1. The molecular weight excluding hydrogens is 226 g/mol. The largest absolute Gasteiger partial charge is 0.465 e. The summed E-state index contributed by atoms with van der Waals surface area (Å²) in [6, 6.07) is 3.88. The van der Waals surface area contributed by atoms with Crippen LogP contribution in [0.5, 0.6) is 0 Å². The maximum Gasteiger partial charge on any atom is 0.337 e. The minimum atomic E-state index is -0.263. The zero-order valence-corrected chi connectivity index (χ0v) is 11.6. The van der Waals surface area contributed by atoms with Gasteiger partial charge < -0.3 is 10.1 Å². The molecule has 0 radical (unpaired) electrons. The second-order valence-electron chi connectivity index (χ2n) is 5.32.